The second kappa shape index (κ2) is 6.41. The molecule has 0 heterocycles. The van der Waals surface area contributed by atoms with Gasteiger partial charge in [0.15, 0.2) is 0 Å². The van der Waals surface area contributed by atoms with Gasteiger partial charge in [-0.05, 0) is 41.7 Å². The highest BCUT2D eigenvalue weighted by atomic mass is 14.3. The monoisotopic (exact) mass is 244 g/mol. The maximum absolute atomic E-state index is 2.37. The third-order valence-corrected chi connectivity index (χ3v) is 4.75. The molecule has 0 aromatic heterocycles. The van der Waals surface area contributed by atoms with Crippen LogP contribution in [0.2, 0.25) is 0 Å². The molecule has 1 fully saturated rings. The highest BCUT2D eigenvalue weighted by Gasteiger charge is 2.24. The van der Waals surface area contributed by atoms with Gasteiger partial charge in [-0.3, -0.25) is 0 Å². The van der Waals surface area contributed by atoms with Crippen LogP contribution in [0.3, 0.4) is 0 Å². The molecule has 0 radical (unpaired) electrons. The van der Waals surface area contributed by atoms with E-state index in [-0.39, 0.29) is 0 Å². The Morgan fingerprint density at radius 1 is 1.06 bits per heavy atom. The largest absolute Gasteiger partial charge is 0.0651 e. The molecule has 0 amide bonds. The van der Waals surface area contributed by atoms with Crippen molar-refractivity contribution in [2.24, 2.45) is 11.8 Å². The second-order valence-corrected chi connectivity index (χ2v) is 6.27. The van der Waals surface area contributed by atoms with Crippen LogP contribution in [0.15, 0.2) is 24.3 Å². The van der Waals surface area contributed by atoms with Crippen LogP contribution in [0.4, 0.5) is 0 Å². The van der Waals surface area contributed by atoms with Crippen molar-refractivity contribution in [3.8, 4) is 0 Å². The molecule has 0 bridgehead atoms. The van der Waals surface area contributed by atoms with Gasteiger partial charge in [-0.25, -0.2) is 0 Å². The Morgan fingerprint density at radius 2 is 1.72 bits per heavy atom. The molecule has 0 N–H and O–H groups in total. The normalized spacial score (nSPS) is 24.4. The van der Waals surface area contributed by atoms with Gasteiger partial charge in [-0.15, -0.1) is 0 Å². The predicted octanol–water partition coefficient (Wildman–Crippen LogP) is 5.57. The maximum atomic E-state index is 2.37. The van der Waals surface area contributed by atoms with E-state index in [9.17, 15) is 0 Å². The maximum Gasteiger partial charge on any atom is -0.0216 e. The van der Waals surface area contributed by atoms with Crippen LogP contribution in [0, 0.1) is 11.8 Å². The third kappa shape index (κ3) is 3.16. The topological polar surface area (TPSA) is 0 Å². The van der Waals surface area contributed by atoms with Crippen molar-refractivity contribution in [3.05, 3.63) is 35.4 Å². The van der Waals surface area contributed by atoms with E-state index < -0.39 is 0 Å². The molecule has 2 atom stereocenters. The van der Waals surface area contributed by atoms with Crippen molar-refractivity contribution in [1.82, 2.24) is 0 Å². The summed E-state index contributed by atoms with van der Waals surface area (Å²) in [7, 11) is 0. The number of hydrogen-bond acceptors (Lipinski definition) is 0. The van der Waals surface area contributed by atoms with Gasteiger partial charge in [0, 0.05) is 0 Å². The summed E-state index contributed by atoms with van der Waals surface area (Å²) in [4.78, 5) is 0. The Kier molecular flexibility index (Phi) is 4.86. The van der Waals surface area contributed by atoms with Gasteiger partial charge in [0.1, 0.15) is 0 Å². The van der Waals surface area contributed by atoms with E-state index in [4.69, 9.17) is 0 Å². The first-order valence-electron chi connectivity index (χ1n) is 7.80. The lowest BCUT2D eigenvalue weighted by atomic mass is 9.74. The van der Waals surface area contributed by atoms with E-state index in [0.29, 0.717) is 5.92 Å². The summed E-state index contributed by atoms with van der Waals surface area (Å²) in [6, 6.07) is 9.09. The molecular formula is C18H28. The van der Waals surface area contributed by atoms with Gasteiger partial charge >= 0.3 is 0 Å². The van der Waals surface area contributed by atoms with Gasteiger partial charge < -0.3 is 0 Å². The molecule has 0 aliphatic heterocycles. The van der Waals surface area contributed by atoms with Crippen LogP contribution in [-0.4, -0.2) is 0 Å². The molecule has 100 valence electrons. The van der Waals surface area contributed by atoms with Crippen LogP contribution in [0.25, 0.3) is 0 Å². The summed E-state index contributed by atoms with van der Waals surface area (Å²) in [6.45, 7) is 7.01. The molecule has 18 heavy (non-hydrogen) atoms. The van der Waals surface area contributed by atoms with Gasteiger partial charge in [0.2, 0.25) is 0 Å². The molecule has 0 saturated heterocycles. The van der Waals surface area contributed by atoms with Crippen LogP contribution in [-0.2, 0) is 6.42 Å². The molecule has 0 nitrogen and oxygen atoms in total. The lowest BCUT2D eigenvalue weighted by molar-refractivity contribution is 0.228. The zero-order chi connectivity index (χ0) is 13.0. The predicted molar refractivity (Wildman–Crippen MR) is 80.0 cm³/mol. The van der Waals surface area contributed by atoms with Crippen molar-refractivity contribution in [2.75, 3.05) is 0 Å². The zero-order valence-electron chi connectivity index (χ0n) is 12.3. The summed E-state index contributed by atoms with van der Waals surface area (Å²) < 4.78 is 0. The number of hydrogen-bond donors (Lipinski definition) is 0. The first kappa shape index (κ1) is 13.6. The van der Waals surface area contributed by atoms with Crippen molar-refractivity contribution in [2.45, 2.75) is 65.2 Å². The zero-order valence-corrected chi connectivity index (χ0v) is 12.3. The summed E-state index contributed by atoms with van der Waals surface area (Å²) >= 11 is 0. The smallest absolute Gasteiger partial charge is 0.0216 e. The van der Waals surface area contributed by atoms with Gasteiger partial charge in [-0.1, -0.05) is 70.7 Å². The first-order valence-corrected chi connectivity index (χ1v) is 7.80. The highest BCUT2D eigenvalue weighted by molar-refractivity contribution is 5.30. The Labute approximate surface area is 113 Å². The SMILES string of the molecule is CCC1CCCCC1Cc1ccccc1C(C)C. The summed E-state index contributed by atoms with van der Waals surface area (Å²) in [5, 5.41) is 0. The van der Waals surface area contributed by atoms with Crippen LogP contribution >= 0.6 is 0 Å². The fourth-order valence-electron chi connectivity index (χ4n) is 3.66. The Morgan fingerprint density at radius 3 is 2.39 bits per heavy atom. The lowest BCUT2D eigenvalue weighted by Gasteiger charge is -2.31. The number of benzene rings is 1. The van der Waals surface area contributed by atoms with Gasteiger partial charge in [-0.2, -0.15) is 0 Å². The van der Waals surface area contributed by atoms with Crippen molar-refractivity contribution >= 4 is 0 Å². The molecule has 1 saturated carbocycles. The Hall–Kier alpha value is -0.780. The van der Waals surface area contributed by atoms with Crippen LogP contribution in [0.5, 0.6) is 0 Å². The summed E-state index contributed by atoms with van der Waals surface area (Å²) in [5.74, 6) is 2.56. The van der Waals surface area contributed by atoms with Crippen molar-refractivity contribution in [1.29, 1.82) is 0 Å². The molecule has 1 aromatic rings. The number of rotatable bonds is 4. The fraction of sp³-hybridized carbons (Fsp3) is 0.667. The second-order valence-electron chi connectivity index (χ2n) is 6.27. The average molecular weight is 244 g/mol. The van der Waals surface area contributed by atoms with Crippen molar-refractivity contribution < 1.29 is 0 Å². The molecule has 1 aromatic carbocycles. The molecule has 1 aliphatic carbocycles. The Bertz CT molecular complexity index is 364. The molecular weight excluding hydrogens is 216 g/mol. The van der Waals surface area contributed by atoms with Crippen LogP contribution < -0.4 is 0 Å². The van der Waals surface area contributed by atoms with E-state index in [1.807, 2.05) is 0 Å². The summed E-state index contributed by atoms with van der Waals surface area (Å²) in [6.07, 6.45) is 8.50. The minimum Gasteiger partial charge on any atom is -0.0651 e. The quantitative estimate of drug-likeness (QED) is 0.649. The lowest BCUT2D eigenvalue weighted by Crippen LogP contribution is -2.21. The first-order chi connectivity index (χ1) is 8.72. The van der Waals surface area contributed by atoms with Gasteiger partial charge in [0.25, 0.3) is 0 Å². The third-order valence-electron chi connectivity index (χ3n) is 4.75. The van der Waals surface area contributed by atoms with E-state index in [0.717, 1.165) is 11.8 Å². The summed E-state index contributed by atoms with van der Waals surface area (Å²) in [5.41, 5.74) is 3.18. The van der Waals surface area contributed by atoms with E-state index in [1.54, 1.807) is 11.1 Å². The molecule has 2 unspecified atom stereocenters. The molecule has 0 spiro atoms. The standard InChI is InChI=1S/C18H28/c1-4-15-9-5-6-10-16(15)13-17-11-7-8-12-18(17)14(2)3/h7-8,11-12,14-16H,4-6,9-10,13H2,1-3H3. The molecule has 0 heteroatoms. The minimum atomic E-state index is 0.657. The highest BCUT2D eigenvalue weighted by Crippen LogP contribution is 2.35. The van der Waals surface area contributed by atoms with Gasteiger partial charge in [0.05, 0.1) is 0 Å². The minimum absolute atomic E-state index is 0.657. The fourth-order valence-corrected chi connectivity index (χ4v) is 3.66. The Balaban J connectivity index is 2.12. The van der Waals surface area contributed by atoms with Crippen molar-refractivity contribution in [3.63, 3.8) is 0 Å². The van der Waals surface area contributed by atoms with E-state index >= 15 is 0 Å². The molecule has 2 rings (SSSR count). The van der Waals surface area contributed by atoms with Crippen LogP contribution in [0.1, 0.15) is 69.9 Å². The van der Waals surface area contributed by atoms with E-state index in [1.165, 1.54) is 38.5 Å². The molecule has 1 aliphatic rings. The van der Waals surface area contributed by atoms with E-state index in [2.05, 4.69) is 45.0 Å². The average Bonchev–Trinajstić information content (AvgIpc) is 2.40.